The monoisotopic (exact) mass is 307 g/mol. The van der Waals surface area contributed by atoms with E-state index in [1.54, 1.807) is 0 Å². The minimum atomic E-state index is -0.750. The summed E-state index contributed by atoms with van der Waals surface area (Å²) in [6, 6.07) is 0. The zero-order chi connectivity index (χ0) is 14.3. The van der Waals surface area contributed by atoms with Crippen molar-refractivity contribution in [1.29, 1.82) is 0 Å². The summed E-state index contributed by atoms with van der Waals surface area (Å²) in [4.78, 5) is 12.0. The van der Waals surface area contributed by atoms with Crippen LogP contribution in [0, 0.1) is 0 Å². The summed E-state index contributed by atoms with van der Waals surface area (Å²) in [6.07, 6.45) is 1.02. The number of aliphatic carboxylic acids is 1. The van der Waals surface area contributed by atoms with Gasteiger partial charge < -0.3 is 10.0 Å². The first kappa shape index (κ1) is 22.5. The Bertz CT molecular complexity index is 145. The van der Waals surface area contributed by atoms with E-state index in [2.05, 4.69) is 25.7 Å². The van der Waals surface area contributed by atoms with Crippen LogP contribution in [-0.2, 0) is 4.79 Å². The largest absolute Gasteiger partial charge is 0.481 e. The van der Waals surface area contributed by atoms with Gasteiger partial charge in [-0.15, -0.1) is 0 Å². The van der Waals surface area contributed by atoms with Gasteiger partial charge in [0.15, 0.2) is 4.30 Å². The Morgan fingerprint density at radius 1 is 1.06 bits per heavy atom. The maximum absolute atomic E-state index is 9.60. The normalized spacial score (nSPS) is 9.24. The lowest BCUT2D eigenvalue weighted by Gasteiger charge is -2.13. The molecule has 17 heavy (non-hydrogen) atoms. The zero-order valence-electron chi connectivity index (χ0n) is 11.0. The lowest BCUT2D eigenvalue weighted by Crippen LogP contribution is -2.21. The van der Waals surface area contributed by atoms with E-state index in [4.69, 9.17) is 39.9 Å². The number of hydrogen-bond acceptors (Lipinski definition) is 2. The van der Waals surface area contributed by atoms with Gasteiger partial charge in [-0.05, 0) is 26.1 Å². The van der Waals surface area contributed by atoms with Crippen molar-refractivity contribution in [2.45, 2.75) is 44.8 Å². The third-order valence-corrected chi connectivity index (χ3v) is 1.81. The first-order chi connectivity index (χ1) is 7.85. The predicted octanol–water partition coefficient (Wildman–Crippen LogP) is 4.21. The highest BCUT2D eigenvalue weighted by molar-refractivity contribution is 6.63. The smallest absolute Gasteiger partial charge is 0.303 e. The quantitative estimate of drug-likeness (QED) is 0.774. The molecule has 0 heterocycles. The summed E-state index contributed by atoms with van der Waals surface area (Å²) < 4.78 is -0.750. The average Bonchev–Trinajstić information content (AvgIpc) is 2.20. The maximum Gasteiger partial charge on any atom is 0.303 e. The molecular weight excluding hydrogens is 284 g/mol. The molecule has 0 unspecified atom stereocenters. The van der Waals surface area contributed by atoms with Gasteiger partial charge in [-0.2, -0.15) is 0 Å². The van der Waals surface area contributed by atoms with Gasteiger partial charge in [-0.3, -0.25) is 4.79 Å². The Morgan fingerprint density at radius 2 is 1.35 bits per heavy atom. The van der Waals surface area contributed by atoms with Gasteiger partial charge in [0, 0.05) is 6.42 Å². The van der Waals surface area contributed by atoms with Crippen LogP contribution in [-0.4, -0.2) is 39.9 Å². The van der Waals surface area contributed by atoms with Crippen molar-refractivity contribution in [3.8, 4) is 0 Å². The van der Waals surface area contributed by atoms with E-state index in [-0.39, 0.29) is 0 Å². The molecule has 0 atom stereocenters. The minimum Gasteiger partial charge on any atom is -0.481 e. The van der Waals surface area contributed by atoms with E-state index < -0.39 is 10.3 Å². The second kappa shape index (κ2) is 18.7. The Labute approximate surface area is 120 Å². The first-order valence-electron chi connectivity index (χ1n) is 5.71. The average molecular weight is 309 g/mol. The lowest BCUT2D eigenvalue weighted by atomic mass is 10.4. The molecule has 6 heteroatoms. The summed E-state index contributed by atoms with van der Waals surface area (Å²) >= 11 is 14.4. The van der Waals surface area contributed by atoms with Gasteiger partial charge in [0.2, 0.25) is 0 Å². The lowest BCUT2D eigenvalue weighted by molar-refractivity contribution is -0.137. The molecule has 0 bridgehead atoms. The fraction of sp³-hybridized carbons (Fsp3) is 0.909. The van der Waals surface area contributed by atoms with Crippen LogP contribution in [0.3, 0.4) is 0 Å². The van der Waals surface area contributed by atoms with Crippen LogP contribution in [0.2, 0.25) is 0 Å². The predicted molar refractivity (Wildman–Crippen MR) is 77.4 cm³/mol. The molecule has 3 nitrogen and oxygen atoms in total. The van der Waals surface area contributed by atoms with Crippen molar-refractivity contribution < 1.29 is 9.90 Å². The molecule has 0 aromatic heterocycles. The molecule has 0 spiro atoms. The topological polar surface area (TPSA) is 40.5 Å². The Hall–Kier alpha value is 0.300. The van der Waals surface area contributed by atoms with E-state index in [9.17, 15) is 4.79 Å². The minimum absolute atomic E-state index is 0.292. The Morgan fingerprint density at radius 3 is 1.35 bits per heavy atom. The van der Waals surface area contributed by atoms with Crippen LogP contribution < -0.4 is 0 Å². The molecule has 0 aliphatic rings. The number of carbonyl (C=O) groups is 1. The number of carboxylic acid groups (broad SMARTS) is 1. The van der Waals surface area contributed by atoms with E-state index in [0.29, 0.717) is 6.42 Å². The molecular formula is C11H24Cl3NO2. The standard InChI is InChI=1S/C6H15N.C4H8O2.CHCl3/c1-4-7(5-2)6-3;1-2-3-4(5)6;2-1(3)4/h4-6H2,1-3H3;2-3H2,1H3,(H,5,6);1H. The fourth-order valence-corrected chi connectivity index (χ4v) is 0.885. The van der Waals surface area contributed by atoms with Crippen LogP contribution in [0.25, 0.3) is 0 Å². The molecule has 1 N–H and O–H groups in total. The van der Waals surface area contributed by atoms with E-state index in [0.717, 1.165) is 6.42 Å². The Kier molecular flexibility index (Phi) is 24.7. The van der Waals surface area contributed by atoms with Gasteiger partial charge in [-0.25, -0.2) is 0 Å². The van der Waals surface area contributed by atoms with Crippen molar-refractivity contribution in [2.75, 3.05) is 19.6 Å². The summed E-state index contributed by atoms with van der Waals surface area (Å²) in [5.74, 6) is -0.711. The Balaban J connectivity index is -0.000000180. The van der Waals surface area contributed by atoms with Crippen LogP contribution in [0.15, 0.2) is 0 Å². The molecule has 0 aliphatic carbocycles. The van der Waals surface area contributed by atoms with E-state index in [1.165, 1.54) is 19.6 Å². The van der Waals surface area contributed by atoms with Crippen molar-refractivity contribution >= 4 is 40.8 Å². The van der Waals surface area contributed by atoms with Crippen molar-refractivity contribution in [3.05, 3.63) is 0 Å². The van der Waals surface area contributed by atoms with Crippen LogP contribution in [0.5, 0.6) is 0 Å². The van der Waals surface area contributed by atoms with Gasteiger partial charge in [-0.1, -0.05) is 62.5 Å². The van der Waals surface area contributed by atoms with Gasteiger partial charge in [0.1, 0.15) is 0 Å². The second-order valence-electron chi connectivity index (χ2n) is 3.01. The molecule has 0 aliphatic heterocycles. The first-order valence-corrected chi connectivity index (χ1v) is 7.02. The molecule has 0 saturated carbocycles. The van der Waals surface area contributed by atoms with Crippen molar-refractivity contribution in [1.82, 2.24) is 4.90 Å². The molecule has 106 valence electrons. The number of carboxylic acids is 1. The molecule has 0 amide bonds. The summed E-state index contributed by atoms with van der Waals surface area (Å²) in [6.45, 7) is 12.0. The molecule has 0 fully saturated rings. The number of nitrogens with zero attached hydrogens (tertiary/aromatic N) is 1. The van der Waals surface area contributed by atoms with Crippen molar-refractivity contribution in [2.24, 2.45) is 0 Å². The molecule has 0 aromatic rings. The molecule has 0 rings (SSSR count). The summed E-state index contributed by atoms with van der Waals surface area (Å²) in [7, 11) is 0. The summed E-state index contributed by atoms with van der Waals surface area (Å²) in [5.41, 5.74) is 0. The van der Waals surface area contributed by atoms with Gasteiger partial charge >= 0.3 is 5.97 Å². The number of hydrogen-bond donors (Lipinski definition) is 1. The molecule has 0 saturated heterocycles. The second-order valence-corrected chi connectivity index (χ2v) is 4.99. The summed E-state index contributed by atoms with van der Waals surface area (Å²) in [5, 5.41) is 7.91. The zero-order valence-corrected chi connectivity index (χ0v) is 13.3. The van der Waals surface area contributed by atoms with Crippen LogP contribution in [0.4, 0.5) is 0 Å². The van der Waals surface area contributed by atoms with Gasteiger partial charge in [0.05, 0.1) is 0 Å². The van der Waals surface area contributed by atoms with Gasteiger partial charge in [0.25, 0.3) is 0 Å². The molecule has 0 aromatic carbocycles. The SMILES string of the molecule is CCCC(=O)O.CCN(CC)CC.ClC(Cl)Cl. The van der Waals surface area contributed by atoms with E-state index >= 15 is 0 Å². The van der Waals surface area contributed by atoms with Crippen LogP contribution in [0.1, 0.15) is 40.5 Å². The third kappa shape index (κ3) is 38.5. The number of alkyl halides is 3. The maximum atomic E-state index is 9.60. The molecule has 0 radical (unpaired) electrons. The van der Waals surface area contributed by atoms with E-state index in [1.807, 2.05) is 6.92 Å². The third-order valence-electron chi connectivity index (χ3n) is 1.81. The highest BCUT2D eigenvalue weighted by atomic mass is 35.6. The van der Waals surface area contributed by atoms with Crippen LogP contribution >= 0.6 is 34.8 Å². The number of rotatable bonds is 5. The number of halogens is 3. The highest BCUT2D eigenvalue weighted by Gasteiger charge is 1.89. The fourth-order valence-electron chi connectivity index (χ4n) is 0.885. The highest BCUT2D eigenvalue weighted by Crippen LogP contribution is 2.03. The van der Waals surface area contributed by atoms with Crippen molar-refractivity contribution in [3.63, 3.8) is 0 Å².